The molecule has 0 bridgehead atoms. The molecular weight excluding hydrogens is 369 g/mol. The number of nitrogens with zero attached hydrogens (tertiary/aromatic N) is 2. The van der Waals surface area contributed by atoms with Gasteiger partial charge in [-0.05, 0) is 18.9 Å². The van der Waals surface area contributed by atoms with Crippen LogP contribution >= 0.6 is 0 Å². The zero-order valence-electron chi connectivity index (χ0n) is 14.5. The third-order valence-electron chi connectivity index (χ3n) is 4.03. The van der Waals surface area contributed by atoms with Gasteiger partial charge in [-0.3, -0.25) is 20.0 Å². The number of aliphatic hydroxyl groups is 3. The SMILES string of the molecule is [B]C(OC(=O)C(C([B])([B])O)C([B])(O)O)C1CCC(n2ccc(NO)nc2=O)O1. The first-order valence-electron chi connectivity index (χ1n) is 7.99. The molecule has 1 aromatic rings. The number of hydrogen-bond donors (Lipinski definition) is 5. The van der Waals surface area contributed by atoms with Gasteiger partial charge in [0.15, 0.2) is 13.7 Å². The molecule has 1 aliphatic rings. The van der Waals surface area contributed by atoms with E-state index in [9.17, 15) is 24.9 Å². The monoisotopic (exact) mass is 385 g/mol. The van der Waals surface area contributed by atoms with Gasteiger partial charge in [-0.15, -0.1) is 0 Å². The van der Waals surface area contributed by atoms with E-state index in [0.717, 1.165) is 4.57 Å². The standard InChI is InChI=1S/C13H15B4N3O8/c14-9(28-10(21)8(12(15,16)23)13(17,24)25)5-1-2-7(27-5)20-4-3-6(19-26)18-11(20)22/h3-5,7-9,23-26H,1-2H2,(H,18,19,22). The summed E-state index contributed by atoms with van der Waals surface area (Å²) in [6, 6.07) is -0.0956. The lowest BCUT2D eigenvalue weighted by Gasteiger charge is -2.37. The summed E-state index contributed by atoms with van der Waals surface area (Å²) >= 11 is 0. The van der Waals surface area contributed by atoms with Crippen molar-refractivity contribution in [2.24, 2.45) is 5.92 Å². The van der Waals surface area contributed by atoms with E-state index in [2.05, 4.69) is 4.98 Å². The van der Waals surface area contributed by atoms with E-state index in [1.165, 1.54) is 12.3 Å². The van der Waals surface area contributed by atoms with Crippen LogP contribution in [-0.4, -0.2) is 90.6 Å². The van der Waals surface area contributed by atoms with Crippen molar-refractivity contribution in [2.45, 2.75) is 42.3 Å². The summed E-state index contributed by atoms with van der Waals surface area (Å²) in [5.74, 6) is -3.87. The maximum absolute atomic E-state index is 12.1. The third-order valence-corrected chi connectivity index (χ3v) is 4.03. The van der Waals surface area contributed by atoms with E-state index in [0.29, 0.717) is 6.42 Å². The van der Waals surface area contributed by atoms with Gasteiger partial charge in [0, 0.05) is 11.6 Å². The van der Waals surface area contributed by atoms with Crippen LogP contribution in [0.15, 0.2) is 17.1 Å². The van der Waals surface area contributed by atoms with E-state index in [-0.39, 0.29) is 12.2 Å². The number of anilines is 1. The smallest absolute Gasteiger partial charge is 0.351 e. The molecular formula is C13H15B4N3O8. The second-order valence-electron chi connectivity index (χ2n) is 6.33. The van der Waals surface area contributed by atoms with Crippen LogP contribution in [0.3, 0.4) is 0 Å². The molecule has 8 radical (unpaired) electrons. The van der Waals surface area contributed by atoms with Gasteiger partial charge < -0.3 is 24.8 Å². The minimum Gasteiger partial charge on any atom is -0.470 e. The first-order chi connectivity index (χ1) is 12.8. The Kier molecular flexibility index (Phi) is 6.66. The molecule has 0 spiro atoms. The number of carbonyl (C=O) groups excluding carboxylic acids is 1. The topological polar surface area (TPSA) is 163 Å². The Morgan fingerprint density at radius 2 is 2.00 bits per heavy atom. The average Bonchev–Trinajstić information content (AvgIpc) is 3.01. The number of hydrogen-bond acceptors (Lipinski definition) is 10. The Morgan fingerprint density at radius 1 is 1.36 bits per heavy atom. The van der Waals surface area contributed by atoms with E-state index < -0.39 is 47.0 Å². The van der Waals surface area contributed by atoms with Crippen LogP contribution in [0.5, 0.6) is 0 Å². The summed E-state index contributed by atoms with van der Waals surface area (Å²) in [7, 11) is 21.0. The van der Waals surface area contributed by atoms with E-state index in [4.69, 9.17) is 46.1 Å². The minimum absolute atomic E-state index is 0.0539. The van der Waals surface area contributed by atoms with Crippen LogP contribution in [0, 0.1) is 5.92 Å². The molecule has 142 valence electrons. The van der Waals surface area contributed by atoms with Crippen LogP contribution in [0.2, 0.25) is 0 Å². The van der Waals surface area contributed by atoms with Crippen LogP contribution in [0.4, 0.5) is 5.82 Å². The molecule has 0 aliphatic carbocycles. The first-order valence-corrected chi connectivity index (χ1v) is 7.99. The first kappa shape index (κ1) is 22.5. The van der Waals surface area contributed by atoms with Gasteiger partial charge in [0.1, 0.15) is 41.4 Å². The number of carbonyl (C=O) groups is 1. The molecule has 4 unspecified atom stereocenters. The Morgan fingerprint density at radius 3 is 2.50 bits per heavy atom. The lowest BCUT2D eigenvalue weighted by atomic mass is 9.53. The summed E-state index contributed by atoms with van der Waals surface area (Å²) < 4.78 is 11.6. The van der Waals surface area contributed by atoms with Gasteiger partial charge in [0.05, 0.1) is 12.1 Å². The van der Waals surface area contributed by atoms with Crippen molar-refractivity contribution in [3.8, 4) is 0 Å². The number of ether oxygens (including phenoxy) is 2. The van der Waals surface area contributed by atoms with Gasteiger partial charge in [-0.1, -0.05) is 0 Å². The normalized spacial score (nSPS) is 22.4. The summed E-state index contributed by atoms with van der Waals surface area (Å²) in [4.78, 5) is 27.6. The lowest BCUT2D eigenvalue weighted by Crippen LogP contribution is -2.58. The van der Waals surface area contributed by atoms with Crippen molar-refractivity contribution in [1.29, 1.82) is 0 Å². The molecule has 0 aromatic carbocycles. The molecule has 5 N–H and O–H groups in total. The highest BCUT2D eigenvalue weighted by molar-refractivity contribution is 6.40. The van der Waals surface area contributed by atoms with Gasteiger partial charge in [0.25, 0.3) is 0 Å². The summed E-state index contributed by atoms with van der Waals surface area (Å²) in [5.41, 5.74) is -2.26. The number of rotatable bonds is 7. The predicted octanol–water partition coefficient (Wildman–Crippen LogP) is -3.83. The molecule has 2 rings (SSSR count). The summed E-state index contributed by atoms with van der Waals surface area (Å²) in [5, 5.41) is 34.2. The van der Waals surface area contributed by atoms with Crippen LogP contribution in [-0.2, 0) is 14.3 Å². The highest BCUT2D eigenvalue weighted by Crippen LogP contribution is 2.30. The number of esters is 1. The van der Waals surface area contributed by atoms with E-state index in [1.54, 1.807) is 5.48 Å². The van der Waals surface area contributed by atoms with Crippen molar-refractivity contribution in [3.05, 3.63) is 22.7 Å². The number of aromatic nitrogens is 2. The fourth-order valence-corrected chi connectivity index (χ4v) is 2.77. The summed E-state index contributed by atoms with van der Waals surface area (Å²) in [6.07, 6.45) is 0.245. The second-order valence-corrected chi connectivity index (χ2v) is 6.33. The highest BCUT2D eigenvalue weighted by atomic mass is 16.6. The molecule has 0 saturated carbocycles. The molecule has 1 fully saturated rings. The maximum atomic E-state index is 12.1. The second kappa shape index (κ2) is 8.29. The molecule has 1 aliphatic heterocycles. The van der Waals surface area contributed by atoms with Gasteiger partial charge in [-0.2, -0.15) is 4.98 Å². The Balaban J connectivity index is 2.05. The zero-order chi connectivity index (χ0) is 21.3. The van der Waals surface area contributed by atoms with Crippen molar-refractivity contribution in [1.82, 2.24) is 9.55 Å². The fraction of sp³-hybridized carbons (Fsp3) is 0.615. The third kappa shape index (κ3) is 5.17. The minimum atomic E-state index is -3.28. The van der Waals surface area contributed by atoms with Crippen molar-refractivity contribution < 1.29 is 34.8 Å². The number of nitrogens with one attached hydrogen (secondary N) is 1. The predicted molar refractivity (Wildman–Crippen MR) is 95.6 cm³/mol. The average molecular weight is 385 g/mol. The van der Waals surface area contributed by atoms with Crippen LogP contribution in [0.25, 0.3) is 0 Å². The Hall–Kier alpha value is -1.79. The van der Waals surface area contributed by atoms with E-state index >= 15 is 0 Å². The molecule has 1 saturated heterocycles. The van der Waals surface area contributed by atoms with Crippen molar-refractivity contribution in [3.63, 3.8) is 0 Å². The van der Waals surface area contributed by atoms with E-state index in [1.807, 2.05) is 0 Å². The summed E-state index contributed by atoms with van der Waals surface area (Å²) in [6.45, 7) is 0. The Labute approximate surface area is 164 Å². The quantitative estimate of drug-likeness (QED) is 0.136. The molecule has 11 nitrogen and oxygen atoms in total. The molecule has 4 atom stereocenters. The van der Waals surface area contributed by atoms with Gasteiger partial charge >= 0.3 is 11.7 Å². The lowest BCUT2D eigenvalue weighted by molar-refractivity contribution is -0.192. The van der Waals surface area contributed by atoms with Crippen LogP contribution in [0.1, 0.15) is 19.1 Å². The van der Waals surface area contributed by atoms with Crippen molar-refractivity contribution in [2.75, 3.05) is 5.48 Å². The largest absolute Gasteiger partial charge is 0.470 e. The molecule has 0 amide bonds. The molecule has 15 heteroatoms. The van der Waals surface area contributed by atoms with Crippen molar-refractivity contribution >= 4 is 43.2 Å². The maximum Gasteiger partial charge on any atom is 0.351 e. The Bertz CT molecular complexity index is 751. The molecule has 28 heavy (non-hydrogen) atoms. The van der Waals surface area contributed by atoms with Gasteiger partial charge in [-0.25, -0.2) is 4.79 Å². The highest BCUT2D eigenvalue weighted by Gasteiger charge is 2.46. The molecule has 2 heterocycles. The zero-order valence-corrected chi connectivity index (χ0v) is 14.5. The fourth-order valence-electron chi connectivity index (χ4n) is 2.77. The van der Waals surface area contributed by atoms with Crippen LogP contribution < -0.4 is 11.2 Å². The molecule has 1 aromatic heterocycles. The van der Waals surface area contributed by atoms with Gasteiger partial charge in [0.2, 0.25) is 0 Å².